The zero-order valence-corrected chi connectivity index (χ0v) is 4.04. The van der Waals surface area contributed by atoms with Gasteiger partial charge >= 0.3 is 7.12 Å². The SMILES string of the molecule is NC[CH]CB(O)O. The lowest BCUT2D eigenvalue weighted by Crippen LogP contribution is -2.12. The van der Waals surface area contributed by atoms with Crippen molar-refractivity contribution in [2.75, 3.05) is 6.54 Å². The fourth-order valence-corrected chi connectivity index (χ4v) is 0.245. The van der Waals surface area contributed by atoms with E-state index in [4.69, 9.17) is 15.8 Å². The second-order valence-corrected chi connectivity index (χ2v) is 1.24. The monoisotopic (exact) mass is 102 g/mol. The Morgan fingerprint density at radius 2 is 2.14 bits per heavy atom. The molecule has 0 aliphatic carbocycles. The maximum Gasteiger partial charge on any atom is 0.451 e. The lowest BCUT2D eigenvalue weighted by Gasteiger charge is -1.91. The Labute approximate surface area is 43.3 Å². The first kappa shape index (κ1) is 6.94. The molecule has 0 bridgehead atoms. The van der Waals surface area contributed by atoms with Gasteiger partial charge in [-0.15, -0.1) is 0 Å². The van der Waals surface area contributed by atoms with Crippen LogP contribution in [-0.2, 0) is 0 Å². The Morgan fingerprint density at radius 3 is 2.29 bits per heavy atom. The van der Waals surface area contributed by atoms with Crippen LogP contribution in [0.2, 0.25) is 6.32 Å². The zero-order valence-electron chi connectivity index (χ0n) is 4.04. The summed E-state index contributed by atoms with van der Waals surface area (Å²) in [6, 6.07) is 0. The molecular weight excluding hydrogens is 92.8 g/mol. The maximum atomic E-state index is 8.15. The van der Waals surface area contributed by atoms with Crippen LogP contribution in [0.15, 0.2) is 0 Å². The molecule has 41 valence electrons. The van der Waals surface area contributed by atoms with Gasteiger partial charge in [-0.25, -0.2) is 0 Å². The first-order chi connectivity index (χ1) is 3.27. The molecule has 0 saturated carbocycles. The van der Waals surface area contributed by atoms with Crippen LogP contribution in [-0.4, -0.2) is 23.7 Å². The maximum absolute atomic E-state index is 8.15. The third-order valence-corrected chi connectivity index (χ3v) is 0.544. The Bertz CT molecular complexity index is 41.9. The topological polar surface area (TPSA) is 66.5 Å². The molecule has 0 saturated heterocycles. The van der Waals surface area contributed by atoms with Crippen molar-refractivity contribution < 1.29 is 10.0 Å². The molecule has 0 fully saturated rings. The van der Waals surface area contributed by atoms with Crippen LogP contribution >= 0.6 is 0 Å². The fourth-order valence-electron chi connectivity index (χ4n) is 0.245. The Kier molecular flexibility index (Phi) is 4.08. The molecule has 1 radical (unpaired) electrons. The number of nitrogens with two attached hydrogens (primary N) is 1. The summed E-state index contributed by atoms with van der Waals surface area (Å²) >= 11 is 0. The Balaban J connectivity index is 2.68. The largest absolute Gasteiger partial charge is 0.451 e. The first-order valence-corrected chi connectivity index (χ1v) is 2.15. The zero-order chi connectivity index (χ0) is 5.70. The van der Waals surface area contributed by atoms with Crippen molar-refractivity contribution in [3.8, 4) is 0 Å². The highest BCUT2D eigenvalue weighted by atomic mass is 16.4. The van der Waals surface area contributed by atoms with E-state index in [1.807, 2.05) is 0 Å². The Morgan fingerprint density at radius 1 is 1.57 bits per heavy atom. The molecule has 0 aliphatic heterocycles. The molecule has 0 aromatic carbocycles. The molecule has 0 aliphatic rings. The van der Waals surface area contributed by atoms with E-state index >= 15 is 0 Å². The van der Waals surface area contributed by atoms with Gasteiger partial charge in [0.15, 0.2) is 0 Å². The summed E-state index contributed by atoms with van der Waals surface area (Å²) in [6.45, 7) is 0.400. The predicted octanol–water partition coefficient (Wildman–Crippen LogP) is -1.38. The summed E-state index contributed by atoms with van der Waals surface area (Å²) in [4.78, 5) is 0. The molecule has 4 heteroatoms. The molecular formula is C3H9BNO2. The lowest BCUT2D eigenvalue weighted by atomic mass is 9.85. The van der Waals surface area contributed by atoms with Crippen molar-refractivity contribution in [2.45, 2.75) is 6.32 Å². The molecule has 7 heavy (non-hydrogen) atoms. The van der Waals surface area contributed by atoms with Crippen LogP contribution in [0, 0.1) is 6.42 Å². The summed E-state index contributed by atoms with van der Waals surface area (Å²) in [5.41, 5.74) is 5.00. The van der Waals surface area contributed by atoms with Gasteiger partial charge in [-0.1, -0.05) is 0 Å². The van der Waals surface area contributed by atoms with Gasteiger partial charge in [-0.3, -0.25) is 0 Å². The van der Waals surface area contributed by atoms with Crippen LogP contribution in [0.5, 0.6) is 0 Å². The van der Waals surface area contributed by atoms with E-state index in [1.54, 1.807) is 6.42 Å². The molecule has 0 rings (SSSR count). The highest BCUT2D eigenvalue weighted by molar-refractivity contribution is 6.41. The molecule has 0 spiro atoms. The van der Waals surface area contributed by atoms with Gasteiger partial charge in [0.05, 0.1) is 0 Å². The number of hydrogen-bond donors (Lipinski definition) is 3. The predicted molar refractivity (Wildman–Crippen MR) is 28.4 cm³/mol. The molecule has 0 heterocycles. The summed E-state index contributed by atoms with van der Waals surface area (Å²) in [5, 5.41) is 16.3. The van der Waals surface area contributed by atoms with E-state index in [2.05, 4.69) is 0 Å². The van der Waals surface area contributed by atoms with Gasteiger partial charge < -0.3 is 15.8 Å². The first-order valence-electron chi connectivity index (χ1n) is 2.15. The van der Waals surface area contributed by atoms with Gasteiger partial charge in [0.25, 0.3) is 0 Å². The molecule has 0 aromatic rings. The van der Waals surface area contributed by atoms with Gasteiger partial charge in [0, 0.05) is 0 Å². The van der Waals surface area contributed by atoms with E-state index in [0.717, 1.165) is 0 Å². The van der Waals surface area contributed by atoms with Crippen LogP contribution in [0.3, 0.4) is 0 Å². The van der Waals surface area contributed by atoms with Crippen LogP contribution < -0.4 is 5.73 Å². The van der Waals surface area contributed by atoms with Crippen molar-refractivity contribution in [3.05, 3.63) is 6.42 Å². The summed E-state index contributed by atoms with van der Waals surface area (Å²) < 4.78 is 0. The van der Waals surface area contributed by atoms with Crippen LogP contribution in [0.4, 0.5) is 0 Å². The van der Waals surface area contributed by atoms with Crippen LogP contribution in [0.25, 0.3) is 0 Å². The fraction of sp³-hybridized carbons (Fsp3) is 0.667. The lowest BCUT2D eigenvalue weighted by molar-refractivity contribution is 0.409. The molecule has 0 aromatic heterocycles. The quantitative estimate of drug-likeness (QED) is 0.385. The minimum absolute atomic E-state index is 0.260. The number of rotatable bonds is 3. The average molecular weight is 102 g/mol. The molecule has 0 amide bonds. The molecule has 4 N–H and O–H groups in total. The van der Waals surface area contributed by atoms with E-state index in [1.165, 1.54) is 0 Å². The van der Waals surface area contributed by atoms with E-state index in [9.17, 15) is 0 Å². The Hall–Kier alpha value is -0.0551. The second kappa shape index (κ2) is 4.11. The molecule has 0 atom stereocenters. The van der Waals surface area contributed by atoms with Crippen molar-refractivity contribution in [3.63, 3.8) is 0 Å². The highest BCUT2D eigenvalue weighted by Gasteiger charge is 2.02. The van der Waals surface area contributed by atoms with Crippen molar-refractivity contribution in [2.24, 2.45) is 5.73 Å². The standard InChI is InChI=1S/C3H9BNO2/c5-3-1-2-4(6)7/h1,6-7H,2-3,5H2. The van der Waals surface area contributed by atoms with Gasteiger partial charge in [0.1, 0.15) is 0 Å². The smallest absolute Gasteiger partial charge is 0.427 e. The van der Waals surface area contributed by atoms with Crippen molar-refractivity contribution >= 4 is 7.12 Å². The number of hydrogen-bond acceptors (Lipinski definition) is 3. The van der Waals surface area contributed by atoms with Gasteiger partial charge in [-0.05, 0) is 19.3 Å². The minimum Gasteiger partial charge on any atom is -0.427 e. The summed E-state index contributed by atoms with van der Waals surface area (Å²) in [6.07, 6.45) is 1.86. The van der Waals surface area contributed by atoms with E-state index in [0.29, 0.717) is 6.54 Å². The van der Waals surface area contributed by atoms with E-state index in [-0.39, 0.29) is 6.32 Å². The normalized spacial score (nSPS) is 9.00. The van der Waals surface area contributed by atoms with Gasteiger partial charge in [-0.2, -0.15) is 0 Å². The van der Waals surface area contributed by atoms with Gasteiger partial charge in [0.2, 0.25) is 0 Å². The molecule has 0 unspecified atom stereocenters. The third kappa shape index (κ3) is 5.94. The van der Waals surface area contributed by atoms with E-state index < -0.39 is 7.12 Å². The second-order valence-electron chi connectivity index (χ2n) is 1.24. The summed E-state index contributed by atoms with van der Waals surface area (Å²) in [5.74, 6) is 0. The minimum atomic E-state index is -1.23. The third-order valence-electron chi connectivity index (χ3n) is 0.544. The highest BCUT2D eigenvalue weighted by Crippen LogP contribution is 1.85. The average Bonchev–Trinajstić information content (AvgIpc) is 1.61. The van der Waals surface area contributed by atoms with Crippen molar-refractivity contribution in [1.82, 2.24) is 0 Å². The van der Waals surface area contributed by atoms with Crippen molar-refractivity contribution in [1.29, 1.82) is 0 Å². The van der Waals surface area contributed by atoms with Crippen LogP contribution in [0.1, 0.15) is 0 Å². The molecule has 3 nitrogen and oxygen atoms in total. The summed E-state index contributed by atoms with van der Waals surface area (Å²) in [7, 11) is -1.23.